The Morgan fingerprint density at radius 2 is 1.83 bits per heavy atom. The quantitative estimate of drug-likeness (QED) is 0.224. The lowest BCUT2D eigenvalue weighted by molar-refractivity contribution is -0.139. The van der Waals surface area contributed by atoms with Gasteiger partial charge >= 0.3 is 12.1 Å². The summed E-state index contributed by atoms with van der Waals surface area (Å²) in [6.07, 6.45) is -2.79. The number of aromatic nitrogens is 1. The normalized spacial score (nSPS) is 14.9. The van der Waals surface area contributed by atoms with Crippen molar-refractivity contribution in [2.24, 2.45) is 4.99 Å². The number of thiazole rings is 1. The van der Waals surface area contributed by atoms with Crippen molar-refractivity contribution in [3.05, 3.63) is 120 Å². The van der Waals surface area contributed by atoms with Crippen molar-refractivity contribution in [3.8, 4) is 11.5 Å². The number of carbonyl (C=O) groups excluding carboxylic acids is 1. The highest BCUT2D eigenvalue weighted by molar-refractivity contribution is 7.07. The van der Waals surface area contributed by atoms with Crippen LogP contribution in [-0.4, -0.2) is 38.3 Å². The Morgan fingerprint density at radius 3 is 2.48 bits per heavy atom. The number of hydrogen-bond acceptors (Lipinski definition) is 8. The van der Waals surface area contributed by atoms with E-state index in [1.165, 1.54) is 35.1 Å². The van der Waals surface area contributed by atoms with E-state index in [-0.39, 0.29) is 30.1 Å². The fourth-order valence-corrected chi connectivity index (χ4v) is 6.18. The molecule has 4 aromatic rings. The van der Waals surface area contributed by atoms with Gasteiger partial charge in [0.2, 0.25) is 0 Å². The third-order valence-electron chi connectivity index (χ3n) is 7.40. The van der Waals surface area contributed by atoms with Crippen LogP contribution in [0.15, 0.2) is 87.8 Å². The molecule has 1 aromatic heterocycles. The van der Waals surface area contributed by atoms with Crippen LogP contribution in [0.25, 0.3) is 6.08 Å². The minimum atomic E-state index is -4.49. The van der Waals surface area contributed by atoms with Crippen molar-refractivity contribution < 1.29 is 32.2 Å². The molecular weight excluding hydrogens is 619 g/mol. The number of carbonyl (C=O) groups is 1. The highest BCUT2D eigenvalue weighted by atomic mass is 32.1. The molecule has 0 aliphatic carbocycles. The molecule has 0 bridgehead atoms. The van der Waals surface area contributed by atoms with Gasteiger partial charge in [-0.2, -0.15) is 13.2 Å². The van der Waals surface area contributed by atoms with Crippen LogP contribution >= 0.6 is 11.3 Å². The first kappa shape index (κ1) is 32.6. The smallest absolute Gasteiger partial charge is 0.416 e. The first-order valence-electron chi connectivity index (χ1n) is 14.3. The van der Waals surface area contributed by atoms with Gasteiger partial charge in [-0.25, -0.2) is 9.79 Å². The maximum Gasteiger partial charge on any atom is 0.416 e. The molecule has 46 heavy (non-hydrogen) atoms. The average Bonchev–Trinajstić information content (AvgIpc) is 3.32. The number of methoxy groups -OCH3 is 1. The van der Waals surface area contributed by atoms with E-state index < -0.39 is 23.8 Å². The number of allylic oxidation sites excluding steroid dienone is 1. The zero-order valence-electron chi connectivity index (χ0n) is 25.8. The minimum Gasteiger partial charge on any atom is -0.496 e. The molecule has 0 N–H and O–H groups in total. The lowest BCUT2D eigenvalue weighted by Crippen LogP contribution is -2.39. The fraction of sp³-hybridized carbons (Fsp3) is 0.265. The lowest BCUT2D eigenvalue weighted by atomic mass is 9.95. The number of rotatable bonds is 9. The predicted molar refractivity (Wildman–Crippen MR) is 170 cm³/mol. The summed E-state index contributed by atoms with van der Waals surface area (Å²) < 4.78 is 57.9. The Morgan fingerprint density at radius 1 is 1.09 bits per heavy atom. The molecule has 1 atom stereocenters. The van der Waals surface area contributed by atoms with Gasteiger partial charge < -0.3 is 19.1 Å². The molecule has 0 saturated heterocycles. The number of fused-ring (bicyclic) bond motifs is 1. The molecule has 240 valence electrons. The molecule has 5 rings (SSSR count). The minimum absolute atomic E-state index is 0.0574. The molecular formula is C34H32F3N3O5S. The van der Waals surface area contributed by atoms with Crippen LogP contribution in [0.2, 0.25) is 0 Å². The van der Waals surface area contributed by atoms with Crippen LogP contribution in [0.1, 0.15) is 42.1 Å². The van der Waals surface area contributed by atoms with Gasteiger partial charge in [0.05, 0.1) is 41.1 Å². The van der Waals surface area contributed by atoms with Crippen LogP contribution in [0.5, 0.6) is 11.5 Å². The number of ether oxygens (including phenoxy) is 3. The van der Waals surface area contributed by atoms with E-state index in [2.05, 4.69) is 4.99 Å². The average molecular weight is 652 g/mol. The first-order valence-corrected chi connectivity index (χ1v) is 15.2. The number of nitrogens with zero attached hydrogens (tertiary/aromatic N) is 3. The second kappa shape index (κ2) is 13.3. The molecule has 8 nitrogen and oxygen atoms in total. The molecule has 2 heterocycles. The summed E-state index contributed by atoms with van der Waals surface area (Å²) >= 11 is 1.19. The summed E-state index contributed by atoms with van der Waals surface area (Å²) in [7, 11) is 5.33. The molecule has 0 radical (unpaired) electrons. The Bertz CT molecular complexity index is 1980. The van der Waals surface area contributed by atoms with E-state index in [0.29, 0.717) is 31.9 Å². The number of hydrogen-bond donors (Lipinski definition) is 0. The SMILES string of the molecule is CCOC(=O)C1=C(C)N=c2s/c(=C\c3ccc(OC)c(COc4cccc(C(F)(F)F)c4)c3)c(=O)n2[C@@H]1c1ccc(N(C)C)cc1. The van der Waals surface area contributed by atoms with E-state index in [1.54, 1.807) is 38.1 Å². The molecule has 0 amide bonds. The zero-order valence-corrected chi connectivity index (χ0v) is 26.7. The number of esters is 1. The Hall–Kier alpha value is -4.84. The van der Waals surface area contributed by atoms with Crippen molar-refractivity contribution in [1.29, 1.82) is 0 Å². The molecule has 12 heteroatoms. The Balaban J connectivity index is 1.55. The van der Waals surface area contributed by atoms with Gasteiger partial charge in [0.1, 0.15) is 18.1 Å². The standard InChI is InChI=1S/C34H32F3N3O5S/c1-6-44-32(42)29-20(2)38-33-40(30(29)22-11-13-25(14-12-22)39(3)4)31(41)28(46-33)17-21-10-15-27(43-5)23(16-21)19-45-26-9-7-8-24(18-26)34(35,36)37/h7-18,30H,6,19H2,1-5H3/b28-17-/t30-/m1/s1. The summed E-state index contributed by atoms with van der Waals surface area (Å²) in [5.74, 6) is -0.0104. The van der Waals surface area contributed by atoms with E-state index in [9.17, 15) is 22.8 Å². The number of halogens is 3. The van der Waals surface area contributed by atoms with Gasteiger partial charge in [0, 0.05) is 25.3 Å². The van der Waals surface area contributed by atoms with Gasteiger partial charge in [-0.15, -0.1) is 0 Å². The van der Waals surface area contributed by atoms with Crippen LogP contribution in [-0.2, 0) is 22.3 Å². The van der Waals surface area contributed by atoms with Crippen molar-refractivity contribution in [3.63, 3.8) is 0 Å². The highest BCUT2D eigenvalue weighted by Gasteiger charge is 2.33. The monoisotopic (exact) mass is 651 g/mol. The van der Waals surface area contributed by atoms with Crippen molar-refractivity contribution >= 4 is 29.1 Å². The van der Waals surface area contributed by atoms with Gasteiger partial charge in [-0.05, 0) is 73.5 Å². The van der Waals surface area contributed by atoms with E-state index >= 15 is 0 Å². The molecule has 0 unspecified atom stereocenters. The number of anilines is 1. The largest absolute Gasteiger partial charge is 0.496 e. The third kappa shape index (κ3) is 6.71. The van der Waals surface area contributed by atoms with Crippen LogP contribution in [0, 0.1) is 0 Å². The molecule has 3 aromatic carbocycles. The number of benzene rings is 3. The van der Waals surface area contributed by atoms with Crippen LogP contribution < -0.4 is 29.3 Å². The van der Waals surface area contributed by atoms with Crippen LogP contribution in [0.4, 0.5) is 18.9 Å². The Kier molecular flexibility index (Phi) is 9.38. The summed E-state index contributed by atoms with van der Waals surface area (Å²) in [5, 5.41) is 0. The van der Waals surface area contributed by atoms with Crippen molar-refractivity contribution in [1.82, 2.24) is 4.57 Å². The molecule has 0 spiro atoms. The van der Waals surface area contributed by atoms with E-state index in [4.69, 9.17) is 14.2 Å². The lowest BCUT2D eigenvalue weighted by Gasteiger charge is -2.25. The van der Waals surface area contributed by atoms with E-state index in [1.807, 2.05) is 43.3 Å². The molecule has 1 aliphatic rings. The maximum absolute atomic E-state index is 14.0. The zero-order chi connectivity index (χ0) is 33.2. The summed E-state index contributed by atoms with van der Waals surface area (Å²) in [6, 6.07) is 16.7. The first-order chi connectivity index (χ1) is 21.9. The molecule has 1 aliphatic heterocycles. The fourth-order valence-electron chi connectivity index (χ4n) is 5.14. The Labute approximate surface area is 267 Å². The maximum atomic E-state index is 14.0. The second-order valence-electron chi connectivity index (χ2n) is 10.7. The van der Waals surface area contributed by atoms with Gasteiger partial charge in [-0.1, -0.05) is 35.6 Å². The van der Waals surface area contributed by atoms with Gasteiger partial charge in [-0.3, -0.25) is 9.36 Å². The second-order valence-corrected chi connectivity index (χ2v) is 11.7. The summed E-state index contributed by atoms with van der Waals surface area (Å²) in [6.45, 7) is 3.55. The number of alkyl halides is 3. The topological polar surface area (TPSA) is 82.4 Å². The highest BCUT2D eigenvalue weighted by Crippen LogP contribution is 2.33. The summed E-state index contributed by atoms with van der Waals surface area (Å²) in [5.41, 5.74) is 2.51. The third-order valence-corrected chi connectivity index (χ3v) is 8.38. The molecule has 0 saturated carbocycles. The van der Waals surface area contributed by atoms with Crippen LogP contribution in [0.3, 0.4) is 0 Å². The van der Waals surface area contributed by atoms with Gasteiger partial charge in [0.15, 0.2) is 4.80 Å². The van der Waals surface area contributed by atoms with Gasteiger partial charge in [0.25, 0.3) is 5.56 Å². The molecule has 0 fully saturated rings. The van der Waals surface area contributed by atoms with E-state index in [0.717, 1.165) is 23.4 Å². The van der Waals surface area contributed by atoms with Crippen molar-refractivity contribution in [2.45, 2.75) is 32.7 Å². The summed E-state index contributed by atoms with van der Waals surface area (Å²) in [4.78, 5) is 34.2. The van der Waals surface area contributed by atoms with Crippen molar-refractivity contribution in [2.75, 3.05) is 32.7 Å². The predicted octanol–water partition coefficient (Wildman–Crippen LogP) is 5.47.